The molecule has 0 radical (unpaired) electrons. The lowest BCUT2D eigenvalue weighted by Crippen LogP contribution is -2.15. The van der Waals surface area contributed by atoms with Crippen LogP contribution in [0.25, 0.3) is 22.1 Å². The summed E-state index contributed by atoms with van der Waals surface area (Å²) in [7, 11) is 1.30. The van der Waals surface area contributed by atoms with Crippen LogP contribution in [0.3, 0.4) is 0 Å². The molecule has 2 aromatic heterocycles. The van der Waals surface area contributed by atoms with Crippen molar-refractivity contribution in [3.63, 3.8) is 0 Å². The molecule has 0 spiro atoms. The number of nitrogens with zero attached hydrogens (tertiary/aromatic N) is 4. The predicted molar refractivity (Wildman–Crippen MR) is 98.9 cm³/mol. The Hall–Kier alpha value is -4.08. The quantitative estimate of drug-likeness (QED) is 0.452. The number of amides is 1. The third-order valence-corrected chi connectivity index (χ3v) is 4.22. The normalized spacial score (nSPS) is 11.1. The Morgan fingerprint density at radius 2 is 1.37 bits per heavy atom. The van der Waals surface area contributed by atoms with Gasteiger partial charge in [0.2, 0.25) is 17.8 Å². The minimum atomic E-state index is -0.562. The molecular formula is C17H15N7O3. The number of benzene rings is 2. The summed E-state index contributed by atoms with van der Waals surface area (Å²) in [4.78, 5) is 31.7. The number of esters is 1. The summed E-state index contributed by atoms with van der Waals surface area (Å²) in [5, 5.41) is 0. The summed E-state index contributed by atoms with van der Waals surface area (Å²) >= 11 is 0. The van der Waals surface area contributed by atoms with Crippen LogP contribution in [-0.4, -0.2) is 38.3 Å². The van der Waals surface area contributed by atoms with Gasteiger partial charge in [-0.2, -0.15) is 0 Å². The number of anilines is 2. The van der Waals surface area contributed by atoms with Crippen molar-refractivity contribution >= 4 is 45.8 Å². The van der Waals surface area contributed by atoms with Gasteiger partial charge in [0.1, 0.15) is 0 Å². The Kier molecular flexibility index (Phi) is 3.48. The first-order valence-electron chi connectivity index (χ1n) is 7.85. The second kappa shape index (κ2) is 5.73. The number of aromatic nitrogens is 4. The minimum Gasteiger partial charge on any atom is -0.465 e. The highest BCUT2D eigenvalue weighted by molar-refractivity contribution is 5.97. The molecule has 4 rings (SSSR count). The smallest absolute Gasteiger partial charge is 0.337 e. The average Bonchev–Trinajstić information content (AvgIpc) is 3.14. The number of ether oxygens (including phenoxy) is 1. The Balaban J connectivity index is 1.97. The molecule has 0 saturated carbocycles. The highest BCUT2D eigenvalue weighted by atomic mass is 16.5. The van der Waals surface area contributed by atoms with Crippen molar-refractivity contribution in [1.82, 2.24) is 19.3 Å². The molecule has 2 aromatic carbocycles. The molecule has 1 amide bonds. The lowest BCUT2D eigenvalue weighted by atomic mass is 10.2. The summed E-state index contributed by atoms with van der Waals surface area (Å²) in [6, 6.07) is 9.67. The van der Waals surface area contributed by atoms with Crippen LogP contribution >= 0.6 is 0 Å². The van der Waals surface area contributed by atoms with Gasteiger partial charge in [-0.05, 0) is 36.4 Å². The maximum absolute atomic E-state index is 11.7. The van der Waals surface area contributed by atoms with E-state index < -0.39 is 11.9 Å². The van der Waals surface area contributed by atoms with E-state index in [1.54, 1.807) is 45.8 Å². The van der Waals surface area contributed by atoms with Crippen LogP contribution < -0.4 is 17.2 Å². The van der Waals surface area contributed by atoms with Gasteiger partial charge in [-0.25, -0.2) is 24.1 Å². The van der Waals surface area contributed by atoms with Gasteiger partial charge >= 0.3 is 5.97 Å². The van der Waals surface area contributed by atoms with Gasteiger partial charge in [0, 0.05) is 5.56 Å². The van der Waals surface area contributed by atoms with E-state index in [1.807, 2.05) is 0 Å². The number of primary amides is 1. The van der Waals surface area contributed by atoms with Gasteiger partial charge < -0.3 is 21.9 Å². The van der Waals surface area contributed by atoms with Crippen molar-refractivity contribution in [3.05, 3.63) is 47.5 Å². The number of hydrogen-bond donors (Lipinski definition) is 3. The number of imidazole rings is 2. The van der Waals surface area contributed by atoms with E-state index in [2.05, 4.69) is 9.97 Å². The Labute approximate surface area is 152 Å². The van der Waals surface area contributed by atoms with Crippen molar-refractivity contribution in [2.24, 2.45) is 5.73 Å². The molecule has 2 heterocycles. The van der Waals surface area contributed by atoms with Crippen LogP contribution in [0, 0.1) is 0 Å². The topological polar surface area (TPSA) is 157 Å². The van der Waals surface area contributed by atoms with Crippen LogP contribution in [0.2, 0.25) is 0 Å². The summed E-state index contributed by atoms with van der Waals surface area (Å²) in [6.07, 6.45) is 0. The predicted octanol–water partition coefficient (Wildman–Crippen LogP) is 0.747. The summed E-state index contributed by atoms with van der Waals surface area (Å²) in [5.41, 5.74) is 20.4. The lowest BCUT2D eigenvalue weighted by molar-refractivity contribution is 0.0600. The maximum Gasteiger partial charge on any atom is 0.337 e. The number of carbonyl (C=O) groups excluding carboxylic acids is 2. The molecule has 0 bridgehead atoms. The van der Waals surface area contributed by atoms with E-state index in [-0.39, 0.29) is 11.9 Å². The van der Waals surface area contributed by atoms with E-state index >= 15 is 0 Å². The average molecular weight is 365 g/mol. The zero-order valence-corrected chi connectivity index (χ0v) is 14.2. The number of carbonyl (C=O) groups is 2. The SMILES string of the molecule is COC(=O)c1ccc2c(c1)nc(N)n2-n1c(N)nc2cc(C(N)=O)ccc21. The molecule has 0 aliphatic heterocycles. The Morgan fingerprint density at radius 1 is 0.889 bits per heavy atom. The van der Waals surface area contributed by atoms with Crippen molar-refractivity contribution in [2.75, 3.05) is 18.6 Å². The second-order valence-corrected chi connectivity index (χ2v) is 5.83. The summed E-state index contributed by atoms with van der Waals surface area (Å²) < 4.78 is 7.87. The molecular weight excluding hydrogens is 350 g/mol. The summed E-state index contributed by atoms with van der Waals surface area (Å²) in [5.74, 6) is -0.740. The monoisotopic (exact) mass is 365 g/mol. The molecule has 4 aromatic rings. The zero-order chi connectivity index (χ0) is 19.3. The molecule has 27 heavy (non-hydrogen) atoms. The standard InChI is InChI=1S/C17H15N7O3/c1-27-15(26)9-3-5-13-11(7-9)22-17(20)24(13)23-12-4-2-8(14(18)25)6-10(12)21-16(23)19/h2-7H,1H3,(H2,18,25)(H2,19,21)(H2,20,22). The van der Waals surface area contributed by atoms with Crippen LogP contribution in [0.5, 0.6) is 0 Å². The molecule has 10 nitrogen and oxygen atoms in total. The Morgan fingerprint density at radius 3 is 1.85 bits per heavy atom. The van der Waals surface area contributed by atoms with Crippen molar-refractivity contribution < 1.29 is 14.3 Å². The molecule has 136 valence electrons. The van der Waals surface area contributed by atoms with Crippen LogP contribution in [0.4, 0.5) is 11.9 Å². The fourth-order valence-corrected chi connectivity index (χ4v) is 2.99. The van der Waals surface area contributed by atoms with Gasteiger partial charge in [0.05, 0.1) is 34.7 Å². The van der Waals surface area contributed by atoms with Gasteiger partial charge in [-0.3, -0.25) is 4.79 Å². The van der Waals surface area contributed by atoms with Gasteiger partial charge in [0.15, 0.2) is 0 Å². The number of nitrogens with two attached hydrogens (primary N) is 3. The van der Waals surface area contributed by atoms with Gasteiger partial charge in [0.25, 0.3) is 0 Å². The molecule has 0 aliphatic carbocycles. The number of nitrogen functional groups attached to an aromatic ring is 2. The largest absolute Gasteiger partial charge is 0.465 e. The third kappa shape index (κ3) is 2.42. The third-order valence-electron chi connectivity index (χ3n) is 4.22. The molecule has 0 fully saturated rings. The van der Waals surface area contributed by atoms with Gasteiger partial charge in [-0.15, -0.1) is 0 Å². The second-order valence-electron chi connectivity index (χ2n) is 5.83. The zero-order valence-electron chi connectivity index (χ0n) is 14.2. The summed E-state index contributed by atoms with van der Waals surface area (Å²) in [6.45, 7) is 0. The number of methoxy groups -OCH3 is 1. The molecule has 0 aliphatic rings. The van der Waals surface area contributed by atoms with E-state index in [1.165, 1.54) is 7.11 Å². The van der Waals surface area contributed by atoms with Crippen LogP contribution in [-0.2, 0) is 4.74 Å². The van der Waals surface area contributed by atoms with Crippen molar-refractivity contribution in [2.45, 2.75) is 0 Å². The highest BCUT2D eigenvalue weighted by Crippen LogP contribution is 2.26. The van der Waals surface area contributed by atoms with Crippen LogP contribution in [0.1, 0.15) is 20.7 Å². The van der Waals surface area contributed by atoms with E-state index in [4.69, 9.17) is 21.9 Å². The number of fused-ring (bicyclic) bond motifs is 2. The van der Waals surface area contributed by atoms with Crippen molar-refractivity contribution in [3.8, 4) is 0 Å². The molecule has 10 heteroatoms. The van der Waals surface area contributed by atoms with E-state index in [0.29, 0.717) is 33.2 Å². The fraction of sp³-hybridized carbons (Fsp3) is 0.0588. The minimum absolute atomic E-state index is 0.148. The fourth-order valence-electron chi connectivity index (χ4n) is 2.99. The first kappa shape index (κ1) is 16.4. The first-order valence-corrected chi connectivity index (χ1v) is 7.85. The maximum atomic E-state index is 11.7. The Bertz CT molecular complexity index is 1240. The van der Waals surface area contributed by atoms with Crippen LogP contribution in [0.15, 0.2) is 36.4 Å². The molecule has 0 atom stereocenters. The van der Waals surface area contributed by atoms with E-state index in [9.17, 15) is 9.59 Å². The lowest BCUT2D eigenvalue weighted by Gasteiger charge is -2.10. The number of rotatable bonds is 3. The van der Waals surface area contributed by atoms with Gasteiger partial charge in [-0.1, -0.05) is 0 Å². The van der Waals surface area contributed by atoms with E-state index in [0.717, 1.165) is 0 Å². The highest BCUT2D eigenvalue weighted by Gasteiger charge is 2.18. The number of hydrogen-bond acceptors (Lipinski definition) is 7. The molecule has 6 N–H and O–H groups in total. The molecule has 0 saturated heterocycles. The first-order chi connectivity index (χ1) is 12.9. The molecule has 0 unspecified atom stereocenters. The van der Waals surface area contributed by atoms with Crippen molar-refractivity contribution in [1.29, 1.82) is 0 Å².